The summed E-state index contributed by atoms with van der Waals surface area (Å²) in [6.07, 6.45) is 1.26. The second-order valence-electron chi connectivity index (χ2n) is 12.4. The van der Waals surface area contributed by atoms with Gasteiger partial charge in [-0.3, -0.25) is 10.1 Å². The van der Waals surface area contributed by atoms with Crippen molar-refractivity contribution in [3.8, 4) is 0 Å². The van der Waals surface area contributed by atoms with E-state index in [0.29, 0.717) is 29.8 Å². The Morgan fingerprint density at radius 3 is 1.63 bits per heavy atom. The van der Waals surface area contributed by atoms with E-state index in [-0.39, 0.29) is 42.5 Å². The Hall–Kier alpha value is -3.81. The number of allylic oxidation sites excluding steroid dienone is 2. The van der Waals surface area contributed by atoms with Gasteiger partial charge in [-0.25, -0.2) is 9.59 Å². The molecule has 1 aliphatic heterocycles. The fourth-order valence-electron chi connectivity index (χ4n) is 5.74. The summed E-state index contributed by atoms with van der Waals surface area (Å²) in [5.41, 5.74) is 1.82. The normalized spacial score (nSPS) is 13.2. The molecule has 3 aromatic carbocycles. The van der Waals surface area contributed by atoms with Crippen molar-refractivity contribution >= 4 is 53.6 Å². The minimum Gasteiger partial charge on any atom is -0.462 e. The number of dihydropyridines is 1. The van der Waals surface area contributed by atoms with Gasteiger partial charge >= 0.3 is 11.9 Å². The summed E-state index contributed by atoms with van der Waals surface area (Å²) >= 11 is 3.59. The Labute approximate surface area is 321 Å². The van der Waals surface area contributed by atoms with Crippen LogP contribution in [-0.2, 0) is 19.1 Å². The van der Waals surface area contributed by atoms with Crippen molar-refractivity contribution < 1.29 is 24.0 Å². The summed E-state index contributed by atoms with van der Waals surface area (Å²) in [7, 11) is 4.08. The van der Waals surface area contributed by atoms with E-state index in [1.807, 2.05) is 50.5 Å². The molecule has 0 bridgehead atoms. The maximum absolute atomic E-state index is 13.7. The number of halogens is 1. The summed E-state index contributed by atoms with van der Waals surface area (Å²) in [6, 6.07) is 26.5. The smallest absolute Gasteiger partial charge is 0.336 e. The highest BCUT2D eigenvalue weighted by atomic mass is 35.5. The maximum Gasteiger partial charge on any atom is 0.336 e. The average molecular weight is 769 g/mol. The molecule has 0 unspecified atom stereocenters. The van der Waals surface area contributed by atoms with E-state index >= 15 is 0 Å². The molecule has 0 aromatic heterocycles. The van der Waals surface area contributed by atoms with Gasteiger partial charge in [-0.1, -0.05) is 48.5 Å². The number of benzene rings is 3. The molecule has 0 saturated carbocycles. The molecule has 52 heavy (non-hydrogen) atoms. The van der Waals surface area contributed by atoms with E-state index in [1.165, 1.54) is 21.9 Å². The molecule has 13 heteroatoms. The van der Waals surface area contributed by atoms with E-state index < -0.39 is 22.8 Å². The van der Waals surface area contributed by atoms with Crippen molar-refractivity contribution in [1.82, 2.24) is 15.1 Å². The topological polar surface area (TPSA) is 114 Å². The number of ether oxygens (including phenoxy) is 2. The second kappa shape index (κ2) is 22.3. The number of carbonyl (C=O) groups excluding carboxylic acids is 2. The highest BCUT2D eigenvalue weighted by Crippen LogP contribution is 2.40. The van der Waals surface area contributed by atoms with E-state index in [9.17, 15) is 19.7 Å². The van der Waals surface area contributed by atoms with Crippen molar-refractivity contribution in [1.29, 1.82) is 0 Å². The van der Waals surface area contributed by atoms with Crippen LogP contribution in [0.3, 0.4) is 0 Å². The first-order valence-corrected chi connectivity index (χ1v) is 19.1. The van der Waals surface area contributed by atoms with Gasteiger partial charge in [0.1, 0.15) is 0 Å². The zero-order valence-electron chi connectivity index (χ0n) is 30.2. The highest BCUT2D eigenvalue weighted by Gasteiger charge is 2.38. The number of nitrogens with one attached hydrogen (secondary N) is 1. The van der Waals surface area contributed by atoms with E-state index in [1.54, 1.807) is 49.5 Å². The molecule has 0 saturated heterocycles. The summed E-state index contributed by atoms with van der Waals surface area (Å²) in [6.45, 7) is 7.12. The molecule has 0 fully saturated rings. The first-order valence-electron chi connectivity index (χ1n) is 17.1. The number of non-ortho nitro benzene ring substituents is 1. The van der Waals surface area contributed by atoms with Gasteiger partial charge < -0.3 is 24.6 Å². The molecule has 3 aromatic rings. The van der Waals surface area contributed by atoms with Crippen molar-refractivity contribution in [2.75, 3.05) is 65.0 Å². The largest absolute Gasteiger partial charge is 0.462 e. The molecule has 1 aliphatic rings. The third kappa shape index (κ3) is 13.3. The molecule has 0 atom stereocenters. The molecule has 0 radical (unpaired) electrons. The SMILES string of the molecule is CC1=C(C(=O)OCCCN(C)CCSc2ccccc2)C(c2cccc([N+](=O)[O-])c2)C(C(=O)OCCCN(C)CCSc2ccccc2)=C(C)N1.Cl. The van der Waals surface area contributed by atoms with E-state index in [4.69, 9.17) is 9.47 Å². The fourth-order valence-corrected chi connectivity index (χ4v) is 7.71. The van der Waals surface area contributed by atoms with Crippen LogP contribution in [0.15, 0.2) is 117 Å². The lowest BCUT2D eigenvalue weighted by molar-refractivity contribution is -0.384. The van der Waals surface area contributed by atoms with Crippen LogP contribution in [-0.4, -0.2) is 91.7 Å². The number of thioether (sulfide) groups is 2. The number of rotatable bonds is 20. The number of nitro benzene ring substituents is 1. The third-order valence-electron chi connectivity index (χ3n) is 8.42. The van der Waals surface area contributed by atoms with Gasteiger partial charge in [-0.2, -0.15) is 0 Å². The van der Waals surface area contributed by atoms with Crippen LogP contribution in [0.4, 0.5) is 5.69 Å². The Balaban J connectivity index is 0.00000729. The van der Waals surface area contributed by atoms with Crippen molar-refractivity contribution in [3.05, 3.63) is 123 Å². The lowest BCUT2D eigenvalue weighted by atomic mass is 9.80. The standard InChI is InChI=1S/C39H48N4O6S2.ClH/c1-29-35(38(44)48-24-12-20-41(3)22-26-50-33-16-7-5-8-17-33)37(31-14-11-15-32(28-31)43(46)47)36(30(2)40-29)39(45)49-25-13-21-42(4)23-27-51-34-18-9-6-10-19-34;/h5-11,14-19,28,37,40H,12-13,20-27H2,1-4H3;1H. The van der Waals surface area contributed by atoms with Crippen molar-refractivity contribution in [2.24, 2.45) is 0 Å². The molecular formula is C39H49ClN4O6S2. The summed E-state index contributed by atoms with van der Waals surface area (Å²) < 4.78 is 11.5. The molecule has 280 valence electrons. The Bertz CT molecular complexity index is 1580. The minimum absolute atomic E-state index is 0. The van der Waals surface area contributed by atoms with Crippen LogP contribution in [0, 0.1) is 10.1 Å². The predicted octanol–water partition coefficient (Wildman–Crippen LogP) is 7.57. The van der Waals surface area contributed by atoms with Crippen LogP contribution in [0.5, 0.6) is 0 Å². The summed E-state index contributed by atoms with van der Waals surface area (Å²) in [5, 5.41) is 14.9. The lowest BCUT2D eigenvalue weighted by Crippen LogP contribution is -2.33. The fraction of sp³-hybridized carbons (Fsp3) is 0.385. The summed E-state index contributed by atoms with van der Waals surface area (Å²) in [4.78, 5) is 45.5. The number of nitro groups is 1. The number of nitrogens with zero attached hydrogens (tertiary/aromatic N) is 3. The maximum atomic E-state index is 13.7. The average Bonchev–Trinajstić information content (AvgIpc) is 3.12. The molecule has 0 aliphatic carbocycles. The van der Waals surface area contributed by atoms with E-state index in [0.717, 1.165) is 37.7 Å². The number of hydrogen-bond donors (Lipinski definition) is 1. The molecular weight excluding hydrogens is 720 g/mol. The van der Waals surface area contributed by atoms with Crippen LogP contribution in [0.1, 0.15) is 38.2 Å². The molecule has 1 heterocycles. The van der Waals surface area contributed by atoms with Gasteiger partial charge in [0.15, 0.2) is 0 Å². The minimum atomic E-state index is -0.901. The van der Waals surface area contributed by atoms with Gasteiger partial charge in [0.05, 0.1) is 35.2 Å². The molecule has 1 N–H and O–H groups in total. The molecule has 10 nitrogen and oxygen atoms in total. The van der Waals surface area contributed by atoms with Crippen molar-refractivity contribution in [2.45, 2.75) is 42.4 Å². The Morgan fingerprint density at radius 1 is 0.731 bits per heavy atom. The zero-order valence-corrected chi connectivity index (χ0v) is 32.7. The second-order valence-corrected chi connectivity index (χ2v) is 14.7. The monoisotopic (exact) mass is 768 g/mol. The molecule has 0 spiro atoms. The lowest BCUT2D eigenvalue weighted by Gasteiger charge is -2.30. The first kappa shape index (κ1) is 42.6. The summed E-state index contributed by atoms with van der Waals surface area (Å²) in [5.74, 6) is -0.171. The van der Waals surface area contributed by atoms with Gasteiger partial charge in [0, 0.05) is 71.0 Å². The van der Waals surface area contributed by atoms with Crippen LogP contribution < -0.4 is 5.32 Å². The Kier molecular flexibility index (Phi) is 18.3. The van der Waals surface area contributed by atoms with Crippen LogP contribution in [0.25, 0.3) is 0 Å². The Morgan fingerprint density at radius 2 is 1.19 bits per heavy atom. The number of hydrogen-bond acceptors (Lipinski definition) is 11. The predicted molar refractivity (Wildman–Crippen MR) is 212 cm³/mol. The third-order valence-corrected chi connectivity index (χ3v) is 10.4. The number of carbonyl (C=O) groups is 2. The van der Waals surface area contributed by atoms with Gasteiger partial charge in [-0.05, 0) is 70.6 Å². The van der Waals surface area contributed by atoms with Gasteiger partial charge in [0.2, 0.25) is 0 Å². The van der Waals surface area contributed by atoms with Crippen LogP contribution in [0.2, 0.25) is 0 Å². The quantitative estimate of drug-likeness (QED) is 0.0404. The van der Waals surface area contributed by atoms with Crippen LogP contribution >= 0.6 is 35.9 Å². The molecule has 0 amide bonds. The van der Waals surface area contributed by atoms with Gasteiger partial charge in [-0.15, -0.1) is 35.9 Å². The van der Waals surface area contributed by atoms with E-state index in [2.05, 4.69) is 39.4 Å². The highest BCUT2D eigenvalue weighted by molar-refractivity contribution is 7.99. The number of esters is 2. The molecule has 4 rings (SSSR count). The zero-order chi connectivity index (χ0) is 36.6. The van der Waals surface area contributed by atoms with Gasteiger partial charge in [0.25, 0.3) is 5.69 Å². The van der Waals surface area contributed by atoms with Crippen molar-refractivity contribution in [3.63, 3.8) is 0 Å². The first-order chi connectivity index (χ1) is 24.6.